The number of halogens is 1. The minimum atomic E-state index is -0.366. The van der Waals surface area contributed by atoms with Crippen LogP contribution in [0.5, 0.6) is 11.5 Å². The van der Waals surface area contributed by atoms with Gasteiger partial charge in [-0.05, 0) is 29.8 Å². The lowest BCUT2D eigenvalue weighted by Gasteiger charge is -2.37. The zero-order valence-corrected chi connectivity index (χ0v) is 17.1. The van der Waals surface area contributed by atoms with Gasteiger partial charge in [-0.15, -0.1) is 0 Å². The van der Waals surface area contributed by atoms with E-state index in [9.17, 15) is 9.90 Å². The van der Waals surface area contributed by atoms with Crippen molar-refractivity contribution >= 4 is 17.5 Å². The average molecular weight is 429 g/mol. The summed E-state index contributed by atoms with van der Waals surface area (Å²) in [4.78, 5) is 16.8. The van der Waals surface area contributed by atoms with Crippen LogP contribution < -0.4 is 10.1 Å². The van der Waals surface area contributed by atoms with Crippen molar-refractivity contribution in [2.24, 2.45) is 5.41 Å². The highest BCUT2D eigenvalue weighted by molar-refractivity contribution is 6.30. The largest absolute Gasteiger partial charge is 0.507 e. The third-order valence-electron chi connectivity index (χ3n) is 4.88. The van der Waals surface area contributed by atoms with Gasteiger partial charge in [0, 0.05) is 17.0 Å². The summed E-state index contributed by atoms with van der Waals surface area (Å²) in [5.41, 5.74) is 1.42. The number of phenols is 1. The molecule has 1 saturated heterocycles. The molecule has 7 nitrogen and oxygen atoms in total. The van der Waals surface area contributed by atoms with E-state index in [1.807, 2.05) is 12.1 Å². The van der Waals surface area contributed by atoms with E-state index in [0.717, 1.165) is 5.56 Å². The molecule has 30 heavy (non-hydrogen) atoms. The third-order valence-corrected chi connectivity index (χ3v) is 5.14. The highest BCUT2D eigenvalue weighted by Gasteiger charge is 2.34. The van der Waals surface area contributed by atoms with Gasteiger partial charge in [-0.2, -0.15) is 0 Å². The number of amides is 1. The number of hydrogen-bond acceptors (Lipinski definition) is 6. The van der Waals surface area contributed by atoms with Crippen molar-refractivity contribution in [3.05, 3.63) is 65.1 Å². The molecular formula is C22H21ClN2O5. The van der Waals surface area contributed by atoms with Crippen LogP contribution in [0, 0.1) is 5.41 Å². The number of carbonyl (C=O) groups is 1. The molecule has 0 bridgehead atoms. The van der Waals surface area contributed by atoms with E-state index in [1.54, 1.807) is 18.2 Å². The summed E-state index contributed by atoms with van der Waals surface area (Å²) in [6, 6.07) is 10.2. The fourth-order valence-electron chi connectivity index (χ4n) is 3.08. The Balaban J connectivity index is 1.58. The zero-order valence-electron chi connectivity index (χ0n) is 16.4. The summed E-state index contributed by atoms with van der Waals surface area (Å²) in [7, 11) is 0. The Morgan fingerprint density at radius 1 is 1.30 bits per heavy atom. The Bertz CT molecular complexity index is 1030. The molecule has 4 rings (SSSR count). The molecule has 0 unspecified atom stereocenters. The lowest BCUT2D eigenvalue weighted by atomic mass is 9.90. The molecule has 156 valence electrons. The first kappa shape index (κ1) is 20.3. The normalized spacial score (nSPS) is 14.7. The van der Waals surface area contributed by atoms with Gasteiger partial charge in [0.05, 0.1) is 37.1 Å². The van der Waals surface area contributed by atoms with Crippen molar-refractivity contribution in [1.29, 1.82) is 0 Å². The number of nitrogens with one attached hydrogen (secondary N) is 1. The number of hydrogen-bond donors (Lipinski definition) is 2. The molecule has 8 heteroatoms. The molecule has 3 aromatic rings. The summed E-state index contributed by atoms with van der Waals surface area (Å²) in [5, 5.41) is 14.0. The van der Waals surface area contributed by atoms with Gasteiger partial charge >= 0.3 is 0 Å². The van der Waals surface area contributed by atoms with Gasteiger partial charge in [0.2, 0.25) is 0 Å². The first-order chi connectivity index (χ1) is 14.4. The van der Waals surface area contributed by atoms with Gasteiger partial charge in [-0.25, -0.2) is 4.98 Å². The first-order valence-electron chi connectivity index (χ1n) is 9.43. The predicted molar refractivity (Wildman–Crippen MR) is 111 cm³/mol. The van der Waals surface area contributed by atoms with E-state index in [1.165, 1.54) is 18.7 Å². The number of ether oxygens (including phenoxy) is 2. The smallest absolute Gasteiger partial charge is 0.255 e. The zero-order chi connectivity index (χ0) is 21.1. The van der Waals surface area contributed by atoms with E-state index < -0.39 is 0 Å². The van der Waals surface area contributed by atoms with Crippen molar-refractivity contribution in [3.63, 3.8) is 0 Å². The van der Waals surface area contributed by atoms with Gasteiger partial charge in [-0.1, -0.05) is 30.7 Å². The SMILES string of the molecule is CC1(COc2cc(-c3cnco3)c(O)cc2C(=O)NCc2ccc(Cl)cc2)COC1. The average Bonchev–Trinajstić information content (AvgIpc) is 3.25. The van der Waals surface area contributed by atoms with Gasteiger partial charge in [0.15, 0.2) is 12.2 Å². The van der Waals surface area contributed by atoms with Crippen LogP contribution in [-0.2, 0) is 11.3 Å². The molecule has 1 aliphatic heterocycles. The molecule has 2 aromatic carbocycles. The van der Waals surface area contributed by atoms with Crippen molar-refractivity contribution < 1.29 is 23.8 Å². The second-order valence-electron chi connectivity index (χ2n) is 7.63. The molecule has 0 saturated carbocycles. The third kappa shape index (κ3) is 4.42. The summed E-state index contributed by atoms with van der Waals surface area (Å²) in [5.74, 6) is 0.257. The number of phenolic OH excluding ortho intramolecular Hbond substituents is 1. The number of carbonyl (C=O) groups excluding carboxylic acids is 1. The lowest BCUT2D eigenvalue weighted by Crippen LogP contribution is -2.44. The number of aromatic hydroxyl groups is 1. The topological polar surface area (TPSA) is 93.8 Å². The first-order valence-corrected chi connectivity index (χ1v) is 9.80. The Labute approximate surface area is 178 Å². The Morgan fingerprint density at radius 3 is 2.70 bits per heavy atom. The van der Waals surface area contributed by atoms with Crippen LogP contribution >= 0.6 is 11.6 Å². The van der Waals surface area contributed by atoms with E-state index >= 15 is 0 Å². The maximum Gasteiger partial charge on any atom is 0.255 e. The molecule has 1 aliphatic rings. The van der Waals surface area contributed by atoms with Crippen LogP contribution in [0.4, 0.5) is 0 Å². The van der Waals surface area contributed by atoms with Crippen molar-refractivity contribution in [2.45, 2.75) is 13.5 Å². The quantitative estimate of drug-likeness (QED) is 0.589. The maximum absolute atomic E-state index is 12.9. The summed E-state index contributed by atoms with van der Waals surface area (Å²) < 4.78 is 16.6. The van der Waals surface area contributed by atoms with Crippen LogP contribution in [0.3, 0.4) is 0 Å². The molecular weight excluding hydrogens is 408 g/mol. The predicted octanol–water partition coefficient (Wildman–Crippen LogP) is 4.05. The Morgan fingerprint density at radius 2 is 2.07 bits per heavy atom. The second-order valence-corrected chi connectivity index (χ2v) is 8.07. The van der Waals surface area contributed by atoms with Crippen LogP contribution in [0.25, 0.3) is 11.3 Å². The van der Waals surface area contributed by atoms with Crippen LogP contribution in [0.15, 0.2) is 53.4 Å². The van der Waals surface area contributed by atoms with Gasteiger partial charge in [0.25, 0.3) is 5.91 Å². The molecule has 0 spiro atoms. The number of oxazole rings is 1. The molecule has 2 heterocycles. The molecule has 1 amide bonds. The number of rotatable bonds is 7. The highest BCUT2D eigenvalue weighted by Crippen LogP contribution is 2.37. The minimum absolute atomic E-state index is 0.103. The van der Waals surface area contributed by atoms with Crippen LogP contribution in [-0.4, -0.2) is 35.8 Å². The molecule has 0 radical (unpaired) electrons. The number of benzene rings is 2. The van der Waals surface area contributed by atoms with Crippen molar-refractivity contribution in [3.8, 4) is 22.8 Å². The van der Waals surface area contributed by atoms with E-state index in [2.05, 4.69) is 17.2 Å². The second kappa shape index (κ2) is 8.38. The molecule has 1 aromatic heterocycles. The number of nitrogens with zero attached hydrogens (tertiary/aromatic N) is 1. The van der Waals surface area contributed by atoms with Crippen LogP contribution in [0.1, 0.15) is 22.8 Å². The van der Waals surface area contributed by atoms with Gasteiger partial charge < -0.3 is 24.3 Å². The van der Waals surface area contributed by atoms with Gasteiger partial charge in [-0.3, -0.25) is 4.79 Å². The van der Waals surface area contributed by atoms with E-state index in [-0.39, 0.29) is 22.6 Å². The fraction of sp³-hybridized carbons (Fsp3) is 0.273. The van der Waals surface area contributed by atoms with E-state index in [4.69, 9.17) is 25.5 Å². The highest BCUT2D eigenvalue weighted by atomic mass is 35.5. The molecule has 2 N–H and O–H groups in total. The lowest BCUT2D eigenvalue weighted by molar-refractivity contribution is -0.120. The Hall–Kier alpha value is -3.03. The summed E-state index contributed by atoms with van der Waals surface area (Å²) in [6.45, 7) is 3.93. The van der Waals surface area contributed by atoms with Crippen molar-refractivity contribution in [1.82, 2.24) is 10.3 Å². The maximum atomic E-state index is 12.9. The van der Waals surface area contributed by atoms with E-state index in [0.29, 0.717) is 48.5 Å². The fourth-order valence-corrected chi connectivity index (χ4v) is 3.20. The summed E-state index contributed by atoms with van der Waals surface area (Å²) in [6.07, 6.45) is 2.76. The number of aromatic nitrogens is 1. The van der Waals surface area contributed by atoms with Crippen molar-refractivity contribution in [2.75, 3.05) is 19.8 Å². The van der Waals surface area contributed by atoms with Gasteiger partial charge in [0.1, 0.15) is 11.5 Å². The minimum Gasteiger partial charge on any atom is -0.507 e. The monoisotopic (exact) mass is 428 g/mol. The molecule has 0 atom stereocenters. The summed E-state index contributed by atoms with van der Waals surface area (Å²) >= 11 is 5.90. The Kier molecular flexibility index (Phi) is 5.65. The standard InChI is InChI=1S/C22H21ClN2O5/c1-22(10-28-11-22)12-29-19-7-16(20-9-24-13-30-20)18(26)6-17(19)21(27)25-8-14-2-4-15(23)5-3-14/h2-7,9,13,26H,8,10-12H2,1H3,(H,25,27). The van der Waals surface area contributed by atoms with Crippen LogP contribution in [0.2, 0.25) is 5.02 Å². The molecule has 1 fully saturated rings. The molecule has 0 aliphatic carbocycles.